The van der Waals surface area contributed by atoms with Crippen molar-refractivity contribution in [2.75, 3.05) is 5.32 Å². The number of aromatic nitrogens is 2. The van der Waals surface area contributed by atoms with E-state index in [-0.39, 0.29) is 11.9 Å². The van der Waals surface area contributed by atoms with Crippen LogP contribution in [0.1, 0.15) is 64.2 Å². The monoisotopic (exact) mass is 417 g/mol. The summed E-state index contributed by atoms with van der Waals surface area (Å²) in [6, 6.07) is 14.4. The summed E-state index contributed by atoms with van der Waals surface area (Å²) in [4.78, 5) is 17.4. The summed E-state index contributed by atoms with van der Waals surface area (Å²) in [5.74, 6) is 1.64. The van der Waals surface area contributed by atoms with E-state index in [4.69, 9.17) is 9.72 Å². The van der Waals surface area contributed by atoms with Gasteiger partial charge in [0.25, 0.3) is 0 Å². The van der Waals surface area contributed by atoms with Crippen molar-refractivity contribution in [2.24, 2.45) is 5.92 Å². The van der Waals surface area contributed by atoms with Crippen molar-refractivity contribution < 1.29 is 9.53 Å². The number of esters is 1. The number of nitrogens with zero attached hydrogens (tertiary/aromatic N) is 2. The van der Waals surface area contributed by atoms with Crippen molar-refractivity contribution in [3.05, 3.63) is 48.7 Å². The molecule has 2 aliphatic rings. The molecule has 1 aromatic carbocycles. The summed E-state index contributed by atoms with van der Waals surface area (Å²) in [7, 11) is 0. The molecule has 5 heteroatoms. The number of nitrogens with one attached hydrogen (secondary N) is 1. The van der Waals surface area contributed by atoms with Gasteiger partial charge in [-0.3, -0.25) is 9.20 Å². The molecule has 5 nitrogen and oxygen atoms in total. The van der Waals surface area contributed by atoms with E-state index in [0.717, 1.165) is 48.4 Å². The van der Waals surface area contributed by atoms with Gasteiger partial charge in [0.2, 0.25) is 0 Å². The van der Waals surface area contributed by atoms with E-state index in [2.05, 4.69) is 15.9 Å². The minimum absolute atomic E-state index is 0.0539. The smallest absolute Gasteiger partial charge is 0.314 e. The van der Waals surface area contributed by atoms with Crippen LogP contribution in [0.3, 0.4) is 0 Å². The fraction of sp³-hybridized carbons (Fsp3) is 0.462. The summed E-state index contributed by atoms with van der Waals surface area (Å²) in [6.45, 7) is 0. The predicted octanol–water partition coefficient (Wildman–Crippen LogP) is 6.23. The van der Waals surface area contributed by atoms with Gasteiger partial charge in [0.15, 0.2) is 0 Å². The zero-order chi connectivity index (χ0) is 21.0. The SMILES string of the molecule is O=C(Oc1ccc(-c2nc3ccccn3c2NC2CCCCC2)cc1)C1CCCCC1. The second-order valence-corrected chi connectivity index (χ2v) is 9.00. The Bertz CT molecular complexity index is 1030. The van der Waals surface area contributed by atoms with Crippen molar-refractivity contribution in [1.29, 1.82) is 0 Å². The highest BCUT2D eigenvalue weighted by Gasteiger charge is 2.23. The Morgan fingerprint density at radius 3 is 2.35 bits per heavy atom. The van der Waals surface area contributed by atoms with Crippen molar-refractivity contribution >= 4 is 17.4 Å². The van der Waals surface area contributed by atoms with Gasteiger partial charge < -0.3 is 10.1 Å². The Kier molecular flexibility index (Phi) is 5.92. The second-order valence-electron chi connectivity index (χ2n) is 9.00. The maximum absolute atomic E-state index is 12.5. The molecule has 2 heterocycles. The summed E-state index contributed by atoms with van der Waals surface area (Å²) < 4.78 is 7.82. The summed E-state index contributed by atoms with van der Waals surface area (Å²) in [6.07, 6.45) is 13.8. The minimum Gasteiger partial charge on any atom is -0.426 e. The average Bonchev–Trinajstić information content (AvgIpc) is 3.19. The van der Waals surface area contributed by atoms with Gasteiger partial charge in [-0.2, -0.15) is 0 Å². The maximum atomic E-state index is 12.5. The Labute approximate surface area is 183 Å². The zero-order valence-electron chi connectivity index (χ0n) is 18.1. The van der Waals surface area contributed by atoms with Crippen LogP contribution in [0.25, 0.3) is 16.9 Å². The van der Waals surface area contributed by atoms with Gasteiger partial charge in [0, 0.05) is 17.8 Å². The number of ether oxygens (including phenoxy) is 1. The molecular weight excluding hydrogens is 386 g/mol. The molecule has 0 radical (unpaired) electrons. The number of imidazole rings is 1. The van der Waals surface area contributed by atoms with Crippen LogP contribution in [0.5, 0.6) is 5.75 Å². The Hall–Kier alpha value is -2.82. The largest absolute Gasteiger partial charge is 0.426 e. The Morgan fingerprint density at radius 2 is 1.61 bits per heavy atom. The molecular formula is C26H31N3O2. The van der Waals surface area contributed by atoms with Gasteiger partial charge in [-0.05, 0) is 62.1 Å². The lowest BCUT2D eigenvalue weighted by Gasteiger charge is -2.24. The number of pyridine rings is 1. The molecule has 2 fully saturated rings. The van der Waals surface area contributed by atoms with Crippen LogP contribution < -0.4 is 10.1 Å². The zero-order valence-corrected chi connectivity index (χ0v) is 18.1. The van der Waals surface area contributed by atoms with Crippen molar-refractivity contribution in [3.8, 4) is 17.0 Å². The molecule has 0 atom stereocenters. The molecule has 0 unspecified atom stereocenters. The van der Waals surface area contributed by atoms with Gasteiger partial charge in [0.1, 0.15) is 22.9 Å². The normalized spacial score (nSPS) is 18.2. The first kappa shape index (κ1) is 20.1. The lowest BCUT2D eigenvalue weighted by Crippen LogP contribution is -2.23. The van der Waals surface area contributed by atoms with Gasteiger partial charge in [-0.15, -0.1) is 0 Å². The summed E-state index contributed by atoms with van der Waals surface area (Å²) in [5, 5.41) is 3.78. The standard InChI is InChI=1S/C26H31N3O2/c30-26(20-9-3-1-4-10-20)31-22-16-14-19(15-17-22)24-25(27-21-11-5-2-6-12-21)29-18-8-7-13-23(29)28-24/h7-8,13-18,20-21,27H,1-6,9-12H2. The number of hydrogen-bond donors (Lipinski definition) is 1. The van der Waals surface area contributed by atoms with E-state index in [1.54, 1.807) is 0 Å². The molecule has 0 aliphatic heterocycles. The molecule has 0 amide bonds. The fourth-order valence-electron chi connectivity index (χ4n) is 4.99. The van der Waals surface area contributed by atoms with Crippen LogP contribution >= 0.6 is 0 Å². The molecule has 5 rings (SSSR count). The summed E-state index contributed by atoms with van der Waals surface area (Å²) >= 11 is 0. The number of fused-ring (bicyclic) bond motifs is 1. The molecule has 162 valence electrons. The maximum Gasteiger partial charge on any atom is 0.314 e. The first-order valence-corrected chi connectivity index (χ1v) is 11.8. The predicted molar refractivity (Wildman–Crippen MR) is 123 cm³/mol. The van der Waals surface area contributed by atoms with Crippen LogP contribution in [-0.4, -0.2) is 21.4 Å². The van der Waals surface area contributed by atoms with Crippen molar-refractivity contribution in [1.82, 2.24) is 9.38 Å². The number of carbonyl (C=O) groups excluding carboxylic acids is 1. The average molecular weight is 418 g/mol. The highest BCUT2D eigenvalue weighted by atomic mass is 16.5. The number of benzene rings is 1. The lowest BCUT2D eigenvalue weighted by molar-refractivity contribution is -0.139. The van der Waals surface area contributed by atoms with Gasteiger partial charge in [-0.1, -0.05) is 44.6 Å². The molecule has 0 bridgehead atoms. The molecule has 2 aromatic heterocycles. The van der Waals surface area contributed by atoms with E-state index in [0.29, 0.717) is 11.8 Å². The van der Waals surface area contributed by atoms with Gasteiger partial charge in [-0.25, -0.2) is 4.98 Å². The second kappa shape index (κ2) is 9.13. The molecule has 0 saturated heterocycles. The van der Waals surface area contributed by atoms with E-state index < -0.39 is 0 Å². The van der Waals surface area contributed by atoms with Gasteiger partial charge >= 0.3 is 5.97 Å². The fourth-order valence-corrected chi connectivity index (χ4v) is 4.99. The molecule has 0 spiro atoms. The Morgan fingerprint density at radius 1 is 0.903 bits per heavy atom. The van der Waals surface area contributed by atoms with Crippen molar-refractivity contribution in [3.63, 3.8) is 0 Å². The minimum atomic E-state index is -0.0835. The van der Waals surface area contributed by atoms with Crippen LogP contribution in [0.2, 0.25) is 0 Å². The molecule has 1 N–H and O–H groups in total. The molecule has 2 saturated carbocycles. The number of anilines is 1. The van der Waals surface area contributed by atoms with E-state index in [1.165, 1.54) is 38.5 Å². The first-order chi connectivity index (χ1) is 15.3. The van der Waals surface area contributed by atoms with Crippen LogP contribution in [0, 0.1) is 5.92 Å². The van der Waals surface area contributed by atoms with E-state index in [1.807, 2.05) is 42.5 Å². The van der Waals surface area contributed by atoms with E-state index in [9.17, 15) is 4.79 Å². The molecule has 31 heavy (non-hydrogen) atoms. The molecule has 2 aliphatic carbocycles. The number of hydrogen-bond acceptors (Lipinski definition) is 4. The molecule has 3 aromatic rings. The lowest BCUT2D eigenvalue weighted by atomic mass is 9.89. The third-order valence-electron chi connectivity index (χ3n) is 6.76. The quantitative estimate of drug-likeness (QED) is 0.395. The summed E-state index contributed by atoms with van der Waals surface area (Å²) in [5.41, 5.74) is 2.91. The highest BCUT2D eigenvalue weighted by Crippen LogP contribution is 2.33. The highest BCUT2D eigenvalue weighted by molar-refractivity contribution is 5.78. The third-order valence-corrected chi connectivity index (χ3v) is 6.76. The van der Waals surface area contributed by atoms with E-state index >= 15 is 0 Å². The van der Waals surface area contributed by atoms with Crippen LogP contribution in [-0.2, 0) is 4.79 Å². The first-order valence-electron chi connectivity index (χ1n) is 11.8. The van der Waals surface area contributed by atoms with Gasteiger partial charge in [0.05, 0.1) is 5.92 Å². The number of carbonyl (C=O) groups is 1. The Balaban J connectivity index is 1.38. The van der Waals surface area contributed by atoms with Crippen LogP contribution in [0.15, 0.2) is 48.7 Å². The van der Waals surface area contributed by atoms with Crippen molar-refractivity contribution in [2.45, 2.75) is 70.3 Å². The number of rotatable bonds is 5. The third kappa shape index (κ3) is 4.46. The van der Waals surface area contributed by atoms with Crippen LogP contribution in [0.4, 0.5) is 5.82 Å². The topological polar surface area (TPSA) is 55.6 Å².